The summed E-state index contributed by atoms with van der Waals surface area (Å²) in [6.45, 7) is 0.882. The van der Waals surface area contributed by atoms with Gasteiger partial charge in [-0.2, -0.15) is 5.10 Å². The minimum Gasteiger partial charge on any atom is -0.389 e. The number of aliphatic hydroxyl groups is 1. The Hall–Kier alpha value is -2.54. The number of carbonyl (C=O) groups is 1. The van der Waals surface area contributed by atoms with E-state index in [2.05, 4.69) is 5.10 Å². The van der Waals surface area contributed by atoms with Crippen molar-refractivity contribution in [3.05, 3.63) is 63.8 Å². The number of carbonyl (C=O) groups excluding carboxylic acids is 1. The van der Waals surface area contributed by atoms with Crippen LogP contribution >= 0.6 is 0 Å². The highest BCUT2D eigenvalue weighted by molar-refractivity contribution is 5.78. The molecule has 1 aromatic heterocycles. The second-order valence-electron chi connectivity index (χ2n) is 6.88. The van der Waals surface area contributed by atoms with E-state index in [1.807, 2.05) is 0 Å². The van der Waals surface area contributed by atoms with E-state index in [4.69, 9.17) is 0 Å². The van der Waals surface area contributed by atoms with Crippen molar-refractivity contribution in [3.8, 4) is 0 Å². The SMILES string of the molecule is Cn1nc(CC(=O)N2CCC(O)(Cc3cccc(F)c3)CC2)ccc1=O. The fourth-order valence-electron chi connectivity index (χ4n) is 3.29. The van der Waals surface area contributed by atoms with Crippen LogP contribution in [0.25, 0.3) is 0 Å². The summed E-state index contributed by atoms with van der Waals surface area (Å²) in [4.78, 5) is 25.5. The lowest BCUT2D eigenvalue weighted by molar-refractivity contribution is -0.134. The first-order valence-corrected chi connectivity index (χ1v) is 8.62. The van der Waals surface area contributed by atoms with Crippen LogP contribution in [0.5, 0.6) is 0 Å². The molecule has 1 aliphatic rings. The van der Waals surface area contributed by atoms with E-state index < -0.39 is 5.60 Å². The van der Waals surface area contributed by atoms with Gasteiger partial charge in [0.25, 0.3) is 5.56 Å². The lowest BCUT2D eigenvalue weighted by atomic mass is 9.85. The molecule has 26 heavy (non-hydrogen) atoms. The molecular weight excluding hydrogens is 337 g/mol. The van der Waals surface area contributed by atoms with Crippen molar-refractivity contribution in [1.29, 1.82) is 0 Å². The minimum atomic E-state index is -0.931. The van der Waals surface area contributed by atoms with E-state index in [1.165, 1.54) is 22.9 Å². The maximum atomic E-state index is 13.3. The second kappa shape index (κ2) is 7.37. The molecule has 3 rings (SSSR count). The van der Waals surface area contributed by atoms with Gasteiger partial charge >= 0.3 is 0 Å². The fraction of sp³-hybridized carbons (Fsp3) is 0.421. The maximum Gasteiger partial charge on any atom is 0.266 e. The van der Waals surface area contributed by atoms with Gasteiger partial charge in [0.15, 0.2) is 0 Å². The van der Waals surface area contributed by atoms with Gasteiger partial charge in [-0.1, -0.05) is 12.1 Å². The molecule has 0 saturated carbocycles. The average Bonchev–Trinajstić information content (AvgIpc) is 2.58. The van der Waals surface area contributed by atoms with Gasteiger partial charge in [-0.25, -0.2) is 9.07 Å². The van der Waals surface area contributed by atoms with E-state index in [9.17, 15) is 19.1 Å². The fourth-order valence-corrected chi connectivity index (χ4v) is 3.29. The number of aromatic nitrogens is 2. The van der Waals surface area contributed by atoms with Crippen molar-refractivity contribution in [3.63, 3.8) is 0 Å². The number of hydrogen-bond donors (Lipinski definition) is 1. The van der Waals surface area contributed by atoms with Gasteiger partial charge < -0.3 is 10.0 Å². The van der Waals surface area contributed by atoms with Crippen LogP contribution in [0, 0.1) is 5.82 Å². The van der Waals surface area contributed by atoms with Crippen LogP contribution in [-0.4, -0.2) is 44.4 Å². The number of hydrogen-bond acceptors (Lipinski definition) is 4. The monoisotopic (exact) mass is 359 g/mol. The third-order valence-corrected chi connectivity index (χ3v) is 4.82. The van der Waals surface area contributed by atoms with Crippen molar-refractivity contribution in [2.75, 3.05) is 13.1 Å². The van der Waals surface area contributed by atoms with Crippen LogP contribution in [0.4, 0.5) is 4.39 Å². The minimum absolute atomic E-state index is 0.0797. The first-order chi connectivity index (χ1) is 12.3. The Morgan fingerprint density at radius 2 is 2.00 bits per heavy atom. The van der Waals surface area contributed by atoms with Crippen LogP contribution in [0.2, 0.25) is 0 Å². The Balaban J connectivity index is 1.57. The third kappa shape index (κ3) is 4.35. The Kier molecular flexibility index (Phi) is 5.18. The number of rotatable bonds is 4. The second-order valence-corrected chi connectivity index (χ2v) is 6.88. The molecule has 0 spiro atoms. The number of benzene rings is 1. The molecule has 7 heteroatoms. The molecule has 0 aliphatic carbocycles. The number of halogens is 1. The van der Waals surface area contributed by atoms with E-state index in [1.54, 1.807) is 30.1 Å². The first kappa shape index (κ1) is 18.3. The van der Waals surface area contributed by atoms with Gasteiger partial charge in [0, 0.05) is 32.6 Å². The Labute approximate surface area is 150 Å². The highest BCUT2D eigenvalue weighted by atomic mass is 19.1. The summed E-state index contributed by atoms with van der Waals surface area (Å²) in [6, 6.07) is 9.19. The summed E-state index contributed by atoms with van der Waals surface area (Å²) in [5, 5.41) is 14.8. The number of amides is 1. The quantitative estimate of drug-likeness (QED) is 0.886. The summed E-state index contributed by atoms with van der Waals surface area (Å²) < 4.78 is 14.5. The summed E-state index contributed by atoms with van der Waals surface area (Å²) in [7, 11) is 1.55. The van der Waals surface area contributed by atoms with E-state index in [0.717, 1.165) is 5.56 Å². The topological polar surface area (TPSA) is 75.4 Å². The summed E-state index contributed by atoms with van der Waals surface area (Å²) in [6.07, 6.45) is 1.37. The van der Waals surface area contributed by atoms with Gasteiger partial charge in [0.05, 0.1) is 17.7 Å². The van der Waals surface area contributed by atoms with E-state index in [0.29, 0.717) is 38.0 Å². The van der Waals surface area contributed by atoms with Crippen LogP contribution in [-0.2, 0) is 24.7 Å². The van der Waals surface area contributed by atoms with E-state index >= 15 is 0 Å². The molecule has 0 atom stereocenters. The molecule has 1 saturated heterocycles. The molecule has 1 N–H and O–H groups in total. The lowest BCUT2D eigenvalue weighted by Crippen LogP contribution is -2.48. The van der Waals surface area contributed by atoms with Crippen LogP contribution < -0.4 is 5.56 Å². The Bertz CT molecular complexity index is 857. The van der Waals surface area contributed by atoms with Crippen LogP contribution in [0.15, 0.2) is 41.2 Å². The first-order valence-electron chi connectivity index (χ1n) is 8.62. The van der Waals surface area contributed by atoms with Gasteiger partial charge in [0.2, 0.25) is 5.91 Å². The van der Waals surface area contributed by atoms with Crippen molar-refractivity contribution in [2.45, 2.75) is 31.3 Å². The lowest BCUT2D eigenvalue weighted by Gasteiger charge is -2.38. The molecule has 2 heterocycles. The highest BCUT2D eigenvalue weighted by Gasteiger charge is 2.34. The summed E-state index contributed by atoms with van der Waals surface area (Å²) in [5.74, 6) is -0.396. The standard InChI is InChI=1S/C19H22FN3O3/c1-22-17(24)6-5-16(21-22)12-18(25)23-9-7-19(26,8-10-23)13-14-3-2-4-15(20)11-14/h2-6,11,26H,7-10,12-13H2,1H3. The molecule has 0 unspecified atom stereocenters. The number of piperidine rings is 1. The molecule has 0 radical (unpaired) electrons. The van der Waals surface area contributed by atoms with Gasteiger partial charge in [-0.3, -0.25) is 9.59 Å². The molecule has 1 aromatic carbocycles. The zero-order valence-electron chi connectivity index (χ0n) is 14.7. The average molecular weight is 359 g/mol. The normalized spacial score (nSPS) is 16.5. The molecule has 0 bridgehead atoms. The Morgan fingerprint density at radius 1 is 1.27 bits per heavy atom. The molecule has 1 aliphatic heterocycles. The highest BCUT2D eigenvalue weighted by Crippen LogP contribution is 2.27. The number of aryl methyl sites for hydroxylation is 1. The molecular formula is C19H22FN3O3. The van der Waals surface area contributed by atoms with Crippen LogP contribution in [0.1, 0.15) is 24.1 Å². The van der Waals surface area contributed by atoms with Gasteiger partial charge in [-0.15, -0.1) is 0 Å². The van der Waals surface area contributed by atoms with E-state index in [-0.39, 0.29) is 23.7 Å². The molecule has 6 nitrogen and oxygen atoms in total. The molecule has 138 valence electrons. The smallest absolute Gasteiger partial charge is 0.266 e. The predicted octanol–water partition coefficient (Wildman–Crippen LogP) is 1.06. The van der Waals surface area contributed by atoms with Gasteiger partial charge in [0.1, 0.15) is 5.82 Å². The number of likely N-dealkylation sites (tertiary alicyclic amines) is 1. The molecule has 1 amide bonds. The summed E-state index contributed by atoms with van der Waals surface area (Å²) >= 11 is 0. The number of nitrogens with zero attached hydrogens (tertiary/aromatic N) is 3. The Morgan fingerprint density at radius 3 is 2.65 bits per heavy atom. The largest absolute Gasteiger partial charge is 0.389 e. The maximum absolute atomic E-state index is 13.3. The summed E-state index contributed by atoms with van der Waals surface area (Å²) in [5.41, 5.74) is 0.139. The molecule has 1 fully saturated rings. The third-order valence-electron chi connectivity index (χ3n) is 4.82. The van der Waals surface area contributed by atoms with Crippen molar-refractivity contribution >= 4 is 5.91 Å². The van der Waals surface area contributed by atoms with Crippen molar-refractivity contribution < 1.29 is 14.3 Å². The van der Waals surface area contributed by atoms with Gasteiger partial charge in [-0.05, 0) is 36.6 Å². The van der Waals surface area contributed by atoms with Crippen LogP contribution in [0.3, 0.4) is 0 Å². The molecule has 2 aromatic rings. The predicted molar refractivity (Wildman–Crippen MR) is 94.0 cm³/mol. The zero-order valence-corrected chi connectivity index (χ0v) is 14.7. The van der Waals surface area contributed by atoms with Crippen molar-refractivity contribution in [2.24, 2.45) is 7.05 Å². The van der Waals surface area contributed by atoms with Crippen molar-refractivity contribution in [1.82, 2.24) is 14.7 Å². The zero-order chi connectivity index (χ0) is 18.7.